The van der Waals surface area contributed by atoms with Crippen molar-refractivity contribution in [2.75, 3.05) is 19.1 Å². The summed E-state index contributed by atoms with van der Waals surface area (Å²) in [5.74, 6) is -0.554. The van der Waals surface area contributed by atoms with Crippen LogP contribution in [-0.2, 0) is 0 Å². The summed E-state index contributed by atoms with van der Waals surface area (Å²) in [6.45, 7) is 2.02. The molecule has 42 heavy (non-hydrogen) atoms. The van der Waals surface area contributed by atoms with Gasteiger partial charge in [0.1, 0.15) is 23.0 Å². The second-order valence-corrected chi connectivity index (χ2v) is 11.1. The molecule has 1 aliphatic carbocycles. The van der Waals surface area contributed by atoms with Crippen LogP contribution in [0.25, 0.3) is 6.08 Å². The lowest BCUT2D eigenvalue weighted by Crippen LogP contribution is -2.48. The fourth-order valence-electron chi connectivity index (χ4n) is 7.29. The molecular weight excluding hydrogens is 526 g/mol. The average molecular weight is 556 g/mol. The van der Waals surface area contributed by atoms with E-state index in [9.17, 15) is 14.4 Å². The minimum atomic E-state index is -1.60. The first kappa shape index (κ1) is 26.0. The Hall–Kier alpha value is -4.97. The van der Waals surface area contributed by atoms with Crippen molar-refractivity contribution in [3.63, 3.8) is 0 Å². The summed E-state index contributed by atoms with van der Waals surface area (Å²) in [6, 6.07) is 25.9. The molecule has 7 rings (SSSR count). The van der Waals surface area contributed by atoms with Crippen molar-refractivity contribution in [1.29, 1.82) is 0 Å². The number of fused-ring (bicyclic) bond motifs is 5. The highest BCUT2D eigenvalue weighted by Gasteiger charge is 2.72. The van der Waals surface area contributed by atoms with E-state index in [1.165, 1.54) is 0 Å². The van der Waals surface area contributed by atoms with Crippen molar-refractivity contribution in [3.8, 4) is 11.5 Å². The van der Waals surface area contributed by atoms with Gasteiger partial charge in [-0.25, -0.2) is 0 Å². The summed E-state index contributed by atoms with van der Waals surface area (Å²) in [5, 5.41) is 0. The van der Waals surface area contributed by atoms with E-state index in [1.54, 1.807) is 62.8 Å². The Labute approximate surface area is 244 Å². The van der Waals surface area contributed by atoms with E-state index in [4.69, 9.17) is 9.47 Å². The molecule has 2 heterocycles. The first-order valence-electron chi connectivity index (χ1n) is 14.0. The average Bonchev–Trinajstić information content (AvgIpc) is 3.46. The highest BCUT2D eigenvalue weighted by molar-refractivity contribution is 6.32. The molecular formula is C36H29NO5. The van der Waals surface area contributed by atoms with E-state index in [0.717, 1.165) is 16.8 Å². The van der Waals surface area contributed by atoms with Crippen molar-refractivity contribution in [2.24, 2.45) is 5.41 Å². The van der Waals surface area contributed by atoms with Gasteiger partial charge in [-0.2, -0.15) is 0 Å². The number of ketones is 3. The normalized spacial score (nSPS) is 21.2. The Morgan fingerprint density at radius 2 is 1.50 bits per heavy atom. The minimum Gasteiger partial charge on any atom is -0.497 e. The zero-order valence-corrected chi connectivity index (χ0v) is 23.5. The largest absolute Gasteiger partial charge is 0.497 e. The number of methoxy groups -OCH3 is 2. The molecule has 0 amide bonds. The zero-order valence-electron chi connectivity index (χ0n) is 23.5. The van der Waals surface area contributed by atoms with Gasteiger partial charge in [-0.05, 0) is 30.7 Å². The lowest BCUT2D eigenvalue weighted by molar-refractivity contribution is 0.0665. The van der Waals surface area contributed by atoms with Gasteiger partial charge in [0.2, 0.25) is 0 Å². The van der Waals surface area contributed by atoms with Crippen LogP contribution < -0.4 is 14.4 Å². The van der Waals surface area contributed by atoms with E-state index in [2.05, 4.69) is 6.07 Å². The van der Waals surface area contributed by atoms with E-state index < -0.39 is 23.4 Å². The van der Waals surface area contributed by atoms with Crippen LogP contribution in [0.4, 0.5) is 5.69 Å². The van der Waals surface area contributed by atoms with Gasteiger partial charge in [0, 0.05) is 39.9 Å². The lowest BCUT2D eigenvalue weighted by atomic mass is 9.64. The fraction of sp³-hybridized carbons (Fsp3) is 0.194. The van der Waals surface area contributed by atoms with Gasteiger partial charge in [-0.3, -0.25) is 14.4 Å². The predicted octanol–water partition coefficient (Wildman–Crippen LogP) is 6.33. The van der Waals surface area contributed by atoms with Crippen molar-refractivity contribution in [1.82, 2.24) is 0 Å². The van der Waals surface area contributed by atoms with Gasteiger partial charge < -0.3 is 14.4 Å². The van der Waals surface area contributed by atoms with Gasteiger partial charge in [-0.1, -0.05) is 84.4 Å². The topological polar surface area (TPSA) is 72.9 Å². The van der Waals surface area contributed by atoms with Gasteiger partial charge in [-0.15, -0.1) is 0 Å². The molecule has 3 aliphatic rings. The SMILES string of the molecule is COc1ccc(C2C(C(=O)c3ccccc3)N3c4ccc(C)cc4C=CC3C23C(=O)c2ccccc2C3=O)c(OC)c1. The molecule has 0 bridgehead atoms. The summed E-state index contributed by atoms with van der Waals surface area (Å²) in [7, 11) is 3.12. The molecule has 6 nitrogen and oxygen atoms in total. The molecule has 3 atom stereocenters. The smallest absolute Gasteiger partial charge is 0.185 e. The number of benzene rings is 4. The number of carbonyl (C=O) groups is 3. The number of hydrogen-bond donors (Lipinski definition) is 0. The van der Waals surface area contributed by atoms with Crippen molar-refractivity contribution >= 4 is 29.1 Å². The Balaban J connectivity index is 1.57. The Kier molecular flexibility index (Phi) is 5.91. The van der Waals surface area contributed by atoms with Gasteiger partial charge in [0.25, 0.3) is 0 Å². The standard InChI is InChI=1S/C36H29NO5/c1-21-13-17-28-23(19-21)14-18-30-36(34(39)25-11-7-8-12-26(25)35(36)40)31(27-16-15-24(41-2)20-29(27)42-3)32(37(28)30)33(38)22-9-5-4-6-10-22/h4-20,30-32H,1-3H3. The van der Waals surface area contributed by atoms with E-state index in [1.807, 2.05) is 60.4 Å². The molecule has 2 aliphatic heterocycles. The predicted molar refractivity (Wildman–Crippen MR) is 161 cm³/mol. The molecule has 0 saturated carbocycles. The minimum absolute atomic E-state index is 0.168. The van der Waals surface area contributed by atoms with Crippen LogP contribution >= 0.6 is 0 Å². The second-order valence-electron chi connectivity index (χ2n) is 11.1. The van der Waals surface area contributed by atoms with Crippen molar-refractivity contribution < 1.29 is 23.9 Å². The third kappa shape index (κ3) is 3.41. The highest BCUT2D eigenvalue weighted by Crippen LogP contribution is 2.62. The third-order valence-electron chi connectivity index (χ3n) is 9.06. The number of aryl methyl sites for hydroxylation is 1. The molecule has 3 unspecified atom stereocenters. The molecule has 1 spiro atoms. The molecule has 4 aromatic carbocycles. The summed E-state index contributed by atoms with van der Waals surface area (Å²) in [4.78, 5) is 46.4. The van der Waals surface area contributed by atoms with Crippen LogP contribution in [-0.4, -0.2) is 43.7 Å². The van der Waals surface area contributed by atoms with Gasteiger partial charge >= 0.3 is 0 Å². The summed E-state index contributed by atoms with van der Waals surface area (Å²) < 4.78 is 11.4. The quantitative estimate of drug-likeness (QED) is 0.212. The monoisotopic (exact) mass is 555 g/mol. The Bertz CT molecular complexity index is 1770. The van der Waals surface area contributed by atoms with E-state index in [-0.39, 0.29) is 17.3 Å². The number of carbonyl (C=O) groups excluding carboxylic acids is 3. The number of rotatable bonds is 5. The number of nitrogens with zero attached hydrogens (tertiary/aromatic N) is 1. The van der Waals surface area contributed by atoms with Crippen LogP contribution in [0.1, 0.15) is 53.7 Å². The number of anilines is 1. The molecule has 4 aromatic rings. The molecule has 1 saturated heterocycles. The van der Waals surface area contributed by atoms with Crippen LogP contribution in [0.2, 0.25) is 0 Å². The Morgan fingerprint density at radius 1 is 0.810 bits per heavy atom. The lowest BCUT2D eigenvalue weighted by Gasteiger charge is -2.37. The maximum Gasteiger partial charge on any atom is 0.185 e. The molecule has 0 aromatic heterocycles. The van der Waals surface area contributed by atoms with Gasteiger partial charge in [0.15, 0.2) is 17.3 Å². The van der Waals surface area contributed by atoms with Crippen LogP contribution in [0.15, 0.2) is 97.1 Å². The Morgan fingerprint density at radius 3 is 2.17 bits per heavy atom. The molecule has 0 N–H and O–H groups in total. The first-order valence-corrected chi connectivity index (χ1v) is 14.0. The fourth-order valence-corrected chi connectivity index (χ4v) is 7.29. The van der Waals surface area contributed by atoms with E-state index in [0.29, 0.717) is 33.8 Å². The summed E-state index contributed by atoms with van der Waals surface area (Å²) in [6.07, 6.45) is 3.91. The zero-order chi connectivity index (χ0) is 29.2. The second kappa shape index (κ2) is 9.55. The maximum absolute atomic E-state index is 14.8. The summed E-state index contributed by atoms with van der Waals surface area (Å²) in [5.41, 5.74) is 3.11. The van der Waals surface area contributed by atoms with Crippen LogP contribution in [0.3, 0.4) is 0 Å². The molecule has 208 valence electrons. The first-order chi connectivity index (χ1) is 20.4. The van der Waals surface area contributed by atoms with Crippen LogP contribution in [0, 0.1) is 12.3 Å². The summed E-state index contributed by atoms with van der Waals surface area (Å²) >= 11 is 0. The molecule has 0 radical (unpaired) electrons. The molecule has 1 fully saturated rings. The van der Waals surface area contributed by atoms with Gasteiger partial charge in [0.05, 0.1) is 20.3 Å². The third-order valence-corrected chi connectivity index (χ3v) is 9.06. The van der Waals surface area contributed by atoms with Crippen molar-refractivity contribution in [3.05, 3.63) is 130 Å². The number of ether oxygens (including phenoxy) is 2. The number of hydrogen-bond acceptors (Lipinski definition) is 6. The van der Waals surface area contributed by atoms with E-state index >= 15 is 0 Å². The van der Waals surface area contributed by atoms with Crippen molar-refractivity contribution in [2.45, 2.75) is 24.9 Å². The van der Waals surface area contributed by atoms with Crippen LogP contribution in [0.5, 0.6) is 11.5 Å². The number of Topliss-reactive ketones (excluding diaryl/α,β-unsaturated/α-hetero) is 3. The maximum atomic E-state index is 14.8. The molecule has 6 heteroatoms. The highest BCUT2D eigenvalue weighted by atomic mass is 16.5.